The van der Waals surface area contributed by atoms with Crippen molar-refractivity contribution in [2.45, 2.75) is 32.6 Å². The first-order valence-corrected chi connectivity index (χ1v) is 6.85. The largest absolute Gasteiger partial charge is 0.476 e. The molecule has 1 rings (SSSR count). The smallest absolute Gasteiger partial charge is 0.356 e. The molecule has 0 aliphatic heterocycles. The molecule has 0 aliphatic rings. The SMILES string of the molecule is CCn1nc(C(=O)O)cc1C(=O)S(=O)(=O)C(C)C. The van der Waals surface area contributed by atoms with Crippen LogP contribution in [0.5, 0.6) is 0 Å². The normalized spacial score (nSPS) is 11.8. The first kappa shape index (κ1) is 14.4. The molecule has 0 saturated heterocycles. The molecule has 18 heavy (non-hydrogen) atoms. The standard InChI is InChI=1S/C10H14N2O5S/c1-4-12-8(5-7(11-12)9(13)14)10(15)18(16,17)6(2)3/h5-6H,4H2,1-3H3,(H,13,14). The van der Waals surface area contributed by atoms with Gasteiger partial charge in [0.05, 0.1) is 5.25 Å². The van der Waals surface area contributed by atoms with Gasteiger partial charge in [-0.3, -0.25) is 9.48 Å². The van der Waals surface area contributed by atoms with Gasteiger partial charge in [0.1, 0.15) is 5.69 Å². The zero-order valence-electron chi connectivity index (χ0n) is 10.2. The van der Waals surface area contributed by atoms with Crippen molar-refractivity contribution in [1.82, 2.24) is 9.78 Å². The van der Waals surface area contributed by atoms with Crippen LogP contribution in [0.2, 0.25) is 0 Å². The highest BCUT2D eigenvalue weighted by molar-refractivity contribution is 8.07. The molecule has 7 nitrogen and oxygen atoms in total. The summed E-state index contributed by atoms with van der Waals surface area (Å²) in [5.74, 6) is -1.31. The van der Waals surface area contributed by atoms with E-state index < -0.39 is 26.2 Å². The monoisotopic (exact) mass is 274 g/mol. The predicted molar refractivity (Wildman–Crippen MR) is 63.2 cm³/mol. The van der Waals surface area contributed by atoms with Gasteiger partial charge in [-0.25, -0.2) is 13.2 Å². The number of hydrogen-bond acceptors (Lipinski definition) is 5. The zero-order valence-corrected chi connectivity index (χ0v) is 11.1. The summed E-state index contributed by atoms with van der Waals surface area (Å²) >= 11 is 0. The molecule has 1 aromatic heterocycles. The molecule has 0 aromatic carbocycles. The molecule has 0 radical (unpaired) electrons. The molecule has 0 spiro atoms. The lowest BCUT2D eigenvalue weighted by atomic mass is 10.4. The van der Waals surface area contributed by atoms with E-state index in [4.69, 9.17) is 5.11 Å². The maximum absolute atomic E-state index is 11.9. The quantitative estimate of drug-likeness (QED) is 0.860. The van der Waals surface area contributed by atoms with Crippen LogP contribution < -0.4 is 0 Å². The lowest BCUT2D eigenvalue weighted by Gasteiger charge is -2.07. The van der Waals surface area contributed by atoms with Crippen LogP contribution in [0.15, 0.2) is 6.07 Å². The van der Waals surface area contributed by atoms with Gasteiger partial charge in [-0.05, 0) is 20.8 Å². The van der Waals surface area contributed by atoms with E-state index in [9.17, 15) is 18.0 Å². The van der Waals surface area contributed by atoms with Crippen molar-refractivity contribution in [1.29, 1.82) is 0 Å². The Labute approximate surface area is 104 Å². The van der Waals surface area contributed by atoms with E-state index in [0.29, 0.717) is 0 Å². The van der Waals surface area contributed by atoms with Crippen molar-refractivity contribution in [2.75, 3.05) is 0 Å². The molecule has 0 amide bonds. The number of rotatable bonds is 4. The van der Waals surface area contributed by atoms with Crippen molar-refractivity contribution < 1.29 is 23.1 Å². The maximum Gasteiger partial charge on any atom is 0.356 e. The molecular formula is C10H14N2O5S. The zero-order chi connectivity index (χ0) is 14.1. The van der Waals surface area contributed by atoms with Crippen LogP contribution in [0.25, 0.3) is 0 Å². The highest BCUT2D eigenvalue weighted by Gasteiger charge is 2.31. The van der Waals surface area contributed by atoms with Gasteiger partial charge in [-0.2, -0.15) is 5.10 Å². The van der Waals surface area contributed by atoms with E-state index >= 15 is 0 Å². The minimum Gasteiger partial charge on any atom is -0.476 e. The molecule has 0 aliphatic carbocycles. The molecule has 0 bridgehead atoms. The van der Waals surface area contributed by atoms with Crippen LogP contribution in [0.4, 0.5) is 0 Å². The Kier molecular flexibility index (Phi) is 3.90. The first-order chi connectivity index (χ1) is 8.21. The molecule has 0 unspecified atom stereocenters. The summed E-state index contributed by atoms with van der Waals surface area (Å²) in [6.07, 6.45) is 0. The third-order valence-electron chi connectivity index (χ3n) is 2.39. The third-order valence-corrected chi connectivity index (χ3v) is 4.35. The van der Waals surface area contributed by atoms with Gasteiger partial charge in [0.15, 0.2) is 5.69 Å². The van der Waals surface area contributed by atoms with Gasteiger partial charge in [-0.15, -0.1) is 0 Å². The number of hydrogen-bond donors (Lipinski definition) is 1. The number of aryl methyl sites for hydroxylation is 1. The maximum atomic E-state index is 11.9. The minimum absolute atomic E-state index is 0.210. The van der Waals surface area contributed by atoms with Gasteiger partial charge in [-0.1, -0.05) is 0 Å². The Morgan fingerprint density at radius 3 is 2.39 bits per heavy atom. The second-order valence-corrected chi connectivity index (χ2v) is 6.32. The molecule has 1 heterocycles. The van der Waals surface area contributed by atoms with E-state index in [-0.39, 0.29) is 17.9 Å². The van der Waals surface area contributed by atoms with Crippen LogP contribution >= 0.6 is 0 Å². The molecule has 100 valence electrons. The molecule has 1 N–H and O–H groups in total. The summed E-state index contributed by atoms with van der Waals surface area (Å²) in [7, 11) is -3.97. The number of aromatic nitrogens is 2. The van der Waals surface area contributed by atoms with E-state index in [0.717, 1.165) is 10.7 Å². The number of carboxylic acid groups (broad SMARTS) is 1. The molecule has 0 saturated carbocycles. The highest BCUT2D eigenvalue weighted by Crippen LogP contribution is 2.13. The van der Waals surface area contributed by atoms with E-state index in [1.165, 1.54) is 13.8 Å². The predicted octanol–water partition coefficient (Wildman–Crippen LogP) is 0.565. The number of sulfone groups is 1. The first-order valence-electron chi connectivity index (χ1n) is 5.31. The van der Waals surface area contributed by atoms with Crippen molar-refractivity contribution >= 4 is 20.9 Å². The third kappa shape index (κ3) is 2.42. The van der Waals surface area contributed by atoms with Crippen molar-refractivity contribution in [2.24, 2.45) is 0 Å². The topological polar surface area (TPSA) is 106 Å². The van der Waals surface area contributed by atoms with Crippen molar-refractivity contribution in [3.63, 3.8) is 0 Å². The number of carboxylic acids is 1. The average Bonchev–Trinajstić information content (AvgIpc) is 2.71. The van der Waals surface area contributed by atoms with Crippen LogP contribution in [0.1, 0.15) is 41.7 Å². The number of aromatic carboxylic acids is 1. The van der Waals surface area contributed by atoms with Crippen LogP contribution in [0.3, 0.4) is 0 Å². The number of nitrogens with zero attached hydrogens (tertiary/aromatic N) is 2. The summed E-state index contributed by atoms with van der Waals surface area (Å²) in [6.45, 7) is 4.62. The molecular weight excluding hydrogens is 260 g/mol. The van der Waals surface area contributed by atoms with Gasteiger partial charge >= 0.3 is 5.97 Å². The fraction of sp³-hybridized carbons (Fsp3) is 0.500. The van der Waals surface area contributed by atoms with Gasteiger partial charge < -0.3 is 5.11 Å². The number of carbonyl (C=O) groups is 2. The summed E-state index contributed by atoms with van der Waals surface area (Å²) in [4.78, 5) is 22.6. The molecule has 0 fully saturated rings. The summed E-state index contributed by atoms with van der Waals surface area (Å²) in [6, 6.07) is 0.980. The van der Waals surface area contributed by atoms with Crippen molar-refractivity contribution in [3.8, 4) is 0 Å². The van der Waals surface area contributed by atoms with Gasteiger partial charge in [0.2, 0.25) is 9.84 Å². The van der Waals surface area contributed by atoms with Crippen molar-refractivity contribution in [3.05, 3.63) is 17.5 Å². The second kappa shape index (κ2) is 4.89. The van der Waals surface area contributed by atoms with Gasteiger partial charge in [0, 0.05) is 12.6 Å². The minimum atomic E-state index is -3.97. The average molecular weight is 274 g/mol. The molecule has 1 aromatic rings. The molecule has 0 atom stereocenters. The Balaban J connectivity index is 3.34. The fourth-order valence-electron chi connectivity index (χ4n) is 1.29. The van der Waals surface area contributed by atoms with Crippen LogP contribution in [0, 0.1) is 0 Å². The Bertz CT molecular complexity index is 585. The summed E-state index contributed by atoms with van der Waals surface area (Å²) in [5, 5.41) is 10.5. The van der Waals surface area contributed by atoms with E-state index in [2.05, 4.69) is 5.10 Å². The highest BCUT2D eigenvalue weighted by atomic mass is 32.2. The van der Waals surface area contributed by atoms with E-state index in [1.807, 2.05) is 0 Å². The second-order valence-electron chi connectivity index (χ2n) is 3.92. The van der Waals surface area contributed by atoms with Gasteiger partial charge in [0.25, 0.3) is 5.12 Å². The Morgan fingerprint density at radius 2 is 2.00 bits per heavy atom. The number of carbonyl (C=O) groups excluding carboxylic acids is 1. The lowest BCUT2D eigenvalue weighted by Crippen LogP contribution is -2.26. The Morgan fingerprint density at radius 1 is 1.44 bits per heavy atom. The summed E-state index contributed by atoms with van der Waals surface area (Å²) in [5.41, 5.74) is -0.567. The van der Waals surface area contributed by atoms with E-state index in [1.54, 1.807) is 6.92 Å². The molecule has 8 heteroatoms. The lowest BCUT2D eigenvalue weighted by molar-refractivity contribution is 0.0689. The summed E-state index contributed by atoms with van der Waals surface area (Å²) < 4.78 is 24.6. The Hall–Kier alpha value is -1.70. The van der Waals surface area contributed by atoms with Crippen LogP contribution in [-0.2, 0) is 16.4 Å². The van der Waals surface area contributed by atoms with Crippen LogP contribution in [-0.4, -0.2) is 39.6 Å². The fourth-order valence-corrected chi connectivity index (χ4v) is 2.17.